The van der Waals surface area contributed by atoms with Gasteiger partial charge in [-0.1, -0.05) is 12.1 Å². The van der Waals surface area contributed by atoms with E-state index in [4.69, 9.17) is 14.7 Å². The molecular weight excluding hydrogens is 424 g/mol. The average Bonchev–Trinajstić information content (AvgIpc) is 3.53. The normalized spacial score (nSPS) is 21.8. The third-order valence-corrected chi connectivity index (χ3v) is 6.89. The maximum Gasteiger partial charge on any atom is 0.160 e. The van der Waals surface area contributed by atoms with Crippen molar-refractivity contribution in [1.29, 1.82) is 0 Å². The number of aliphatic hydroxyl groups is 1. The first-order chi connectivity index (χ1) is 15.7. The largest absolute Gasteiger partial charge is 0.390 e. The van der Waals surface area contributed by atoms with E-state index in [1.807, 2.05) is 6.07 Å². The number of amidine groups is 1. The summed E-state index contributed by atoms with van der Waals surface area (Å²) in [5.74, 6) is 1.95. The van der Waals surface area contributed by atoms with Gasteiger partial charge in [0.1, 0.15) is 11.7 Å². The molecule has 2 aromatic heterocycles. The van der Waals surface area contributed by atoms with E-state index < -0.39 is 6.10 Å². The second-order valence-electron chi connectivity index (χ2n) is 8.40. The van der Waals surface area contributed by atoms with Crippen LogP contribution in [0.4, 0.5) is 0 Å². The standard InChI is InChI=1S/C23H30N6O2S/c1-17-4-2-6-23-25-21(26-29(17)23)7-8-22-24-19(20-5-3-13-32-20)16-28(22)15-18(30)14-27-9-11-31-12-10-27/h2-6,13,16,18,23,30H,7-12,14-15H2,1H3,(H,25,26)/t18-,23?/m0/s1. The Morgan fingerprint density at radius 2 is 2.16 bits per heavy atom. The maximum absolute atomic E-state index is 10.8. The summed E-state index contributed by atoms with van der Waals surface area (Å²) < 4.78 is 7.54. The Hall–Kier alpha value is -2.46. The highest BCUT2D eigenvalue weighted by molar-refractivity contribution is 7.13. The van der Waals surface area contributed by atoms with E-state index in [1.165, 1.54) is 0 Å². The molecule has 170 valence electrons. The number of hydrazine groups is 1. The zero-order valence-electron chi connectivity index (χ0n) is 18.4. The third-order valence-electron chi connectivity index (χ3n) is 6.00. The molecule has 0 saturated carbocycles. The van der Waals surface area contributed by atoms with Gasteiger partial charge in [0.2, 0.25) is 0 Å². The van der Waals surface area contributed by atoms with E-state index in [-0.39, 0.29) is 6.17 Å². The van der Waals surface area contributed by atoms with E-state index in [9.17, 15) is 5.11 Å². The number of β-amino-alcohol motifs (C(OH)–C–C–N with tert-alkyl or cyclic N) is 1. The minimum atomic E-state index is -0.453. The minimum absolute atomic E-state index is 0.0340. The molecule has 1 unspecified atom stereocenters. The van der Waals surface area contributed by atoms with Gasteiger partial charge in [0.05, 0.1) is 36.4 Å². The first kappa shape index (κ1) is 21.4. The van der Waals surface area contributed by atoms with Crippen molar-refractivity contribution in [2.24, 2.45) is 4.99 Å². The molecule has 0 spiro atoms. The van der Waals surface area contributed by atoms with E-state index in [0.29, 0.717) is 13.1 Å². The molecule has 8 nitrogen and oxygen atoms in total. The molecule has 0 aliphatic carbocycles. The number of hydrogen-bond acceptors (Lipinski definition) is 8. The molecule has 2 atom stereocenters. The molecule has 0 amide bonds. The Kier molecular flexibility index (Phi) is 6.40. The number of morpholine rings is 1. The Morgan fingerprint density at radius 3 is 2.94 bits per heavy atom. The van der Waals surface area contributed by atoms with Crippen molar-refractivity contribution >= 4 is 17.2 Å². The fourth-order valence-corrected chi connectivity index (χ4v) is 5.00. The van der Waals surface area contributed by atoms with Gasteiger partial charge in [0.25, 0.3) is 0 Å². The van der Waals surface area contributed by atoms with Crippen LogP contribution in [0.3, 0.4) is 0 Å². The highest BCUT2D eigenvalue weighted by Gasteiger charge is 2.26. The van der Waals surface area contributed by atoms with Crippen LogP contribution in [0.5, 0.6) is 0 Å². The summed E-state index contributed by atoms with van der Waals surface area (Å²) >= 11 is 1.69. The van der Waals surface area contributed by atoms with Gasteiger partial charge in [-0.3, -0.25) is 15.3 Å². The van der Waals surface area contributed by atoms with Crippen LogP contribution in [-0.2, 0) is 17.7 Å². The Balaban J connectivity index is 1.27. The monoisotopic (exact) mass is 454 g/mol. The molecule has 3 aliphatic heterocycles. The second kappa shape index (κ2) is 9.58. The number of imidazole rings is 1. The lowest BCUT2D eigenvalue weighted by Crippen LogP contribution is -2.42. The fraction of sp³-hybridized carbons (Fsp3) is 0.478. The van der Waals surface area contributed by atoms with Crippen LogP contribution in [0.15, 0.2) is 52.6 Å². The van der Waals surface area contributed by atoms with E-state index in [1.54, 1.807) is 11.3 Å². The predicted octanol–water partition coefficient (Wildman–Crippen LogP) is 2.26. The Morgan fingerprint density at radius 1 is 1.28 bits per heavy atom. The van der Waals surface area contributed by atoms with Gasteiger partial charge in [0.15, 0.2) is 6.17 Å². The predicted molar refractivity (Wildman–Crippen MR) is 126 cm³/mol. The topological polar surface area (TPSA) is 78.1 Å². The van der Waals surface area contributed by atoms with Crippen molar-refractivity contribution in [3.05, 3.63) is 53.5 Å². The molecule has 1 saturated heterocycles. The number of thiophene rings is 1. The number of allylic oxidation sites excluding steroid dienone is 3. The minimum Gasteiger partial charge on any atom is -0.390 e. The van der Waals surface area contributed by atoms with Crippen molar-refractivity contribution in [3.8, 4) is 10.6 Å². The van der Waals surface area contributed by atoms with Gasteiger partial charge >= 0.3 is 0 Å². The summed E-state index contributed by atoms with van der Waals surface area (Å²) in [6.45, 7) is 6.49. The molecule has 0 bridgehead atoms. The summed E-state index contributed by atoms with van der Waals surface area (Å²) in [5.41, 5.74) is 5.55. The number of nitrogens with one attached hydrogen (secondary N) is 1. The molecule has 32 heavy (non-hydrogen) atoms. The van der Waals surface area contributed by atoms with Gasteiger partial charge in [0, 0.05) is 44.4 Å². The number of aliphatic imine (C=N–C) groups is 1. The summed E-state index contributed by atoms with van der Waals surface area (Å²) in [7, 11) is 0. The van der Waals surface area contributed by atoms with Crippen LogP contribution in [0.1, 0.15) is 19.2 Å². The van der Waals surface area contributed by atoms with Crippen molar-refractivity contribution < 1.29 is 9.84 Å². The molecule has 5 heterocycles. The molecule has 1 fully saturated rings. The number of hydrogen-bond donors (Lipinski definition) is 2. The number of aryl methyl sites for hydroxylation is 1. The van der Waals surface area contributed by atoms with Gasteiger partial charge in [-0.15, -0.1) is 11.3 Å². The van der Waals surface area contributed by atoms with Crippen LogP contribution in [0.2, 0.25) is 0 Å². The van der Waals surface area contributed by atoms with Crippen LogP contribution in [0, 0.1) is 0 Å². The van der Waals surface area contributed by atoms with Crippen molar-refractivity contribution in [1.82, 2.24) is 24.9 Å². The molecule has 2 N–H and O–H groups in total. The quantitative estimate of drug-likeness (QED) is 0.637. The summed E-state index contributed by atoms with van der Waals surface area (Å²) in [4.78, 5) is 13.1. The highest BCUT2D eigenvalue weighted by Crippen LogP contribution is 2.25. The highest BCUT2D eigenvalue weighted by atomic mass is 32.1. The zero-order chi connectivity index (χ0) is 21.9. The molecule has 5 rings (SSSR count). The van der Waals surface area contributed by atoms with Crippen molar-refractivity contribution in [2.45, 2.75) is 38.6 Å². The lowest BCUT2D eigenvalue weighted by atomic mass is 10.2. The SMILES string of the molecule is CC1=CC=CC2N=C(CCc3nc(-c4cccs4)cn3C[C@@H](O)CN3CCOCC3)NN12. The van der Waals surface area contributed by atoms with Crippen LogP contribution >= 0.6 is 11.3 Å². The summed E-state index contributed by atoms with van der Waals surface area (Å²) in [5, 5.41) is 14.9. The average molecular weight is 455 g/mol. The maximum atomic E-state index is 10.8. The molecule has 0 radical (unpaired) electrons. The first-order valence-corrected chi connectivity index (χ1v) is 12.1. The molecule has 9 heteroatoms. The van der Waals surface area contributed by atoms with Gasteiger partial charge in [-0.25, -0.2) is 9.98 Å². The summed E-state index contributed by atoms with van der Waals surface area (Å²) in [6, 6.07) is 4.13. The molecule has 3 aliphatic rings. The lowest BCUT2D eigenvalue weighted by Gasteiger charge is -2.28. The third kappa shape index (κ3) is 4.80. The number of rotatable bonds is 8. The fourth-order valence-electron chi connectivity index (χ4n) is 4.32. The van der Waals surface area contributed by atoms with Crippen LogP contribution in [-0.4, -0.2) is 75.5 Å². The van der Waals surface area contributed by atoms with Crippen molar-refractivity contribution in [3.63, 3.8) is 0 Å². The smallest absolute Gasteiger partial charge is 0.160 e. The second-order valence-corrected chi connectivity index (χ2v) is 9.35. The lowest BCUT2D eigenvalue weighted by molar-refractivity contribution is 0.0114. The number of fused-ring (bicyclic) bond motifs is 1. The van der Waals surface area contributed by atoms with Crippen molar-refractivity contribution in [2.75, 3.05) is 32.8 Å². The number of ether oxygens (including phenoxy) is 1. The zero-order valence-corrected chi connectivity index (χ0v) is 19.2. The molecule has 2 aromatic rings. The van der Waals surface area contributed by atoms with E-state index in [0.717, 1.165) is 67.1 Å². The van der Waals surface area contributed by atoms with Crippen LogP contribution < -0.4 is 5.43 Å². The number of nitrogens with zero attached hydrogens (tertiary/aromatic N) is 5. The van der Waals surface area contributed by atoms with Crippen LogP contribution in [0.25, 0.3) is 10.6 Å². The van der Waals surface area contributed by atoms with Gasteiger partial charge < -0.3 is 14.4 Å². The molecule has 0 aromatic carbocycles. The summed E-state index contributed by atoms with van der Waals surface area (Å²) in [6.07, 6.45) is 9.41. The number of aromatic nitrogens is 2. The number of aliphatic hydroxyl groups excluding tert-OH is 1. The van der Waals surface area contributed by atoms with Gasteiger partial charge in [-0.2, -0.15) is 0 Å². The van der Waals surface area contributed by atoms with Gasteiger partial charge in [-0.05, 0) is 30.5 Å². The van der Waals surface area contributed by atoms with E-state index in [2.05, 4.69) is 62.7 Å². The Bertz CT molecular complexity index is 1010. The Labute approximate surface area is 192 Å². The van der Waals surface area contributed by atoms with E-state index >= 15 is 0 Å². The molecular formula is C23H30N6O2S. The first-order valence-electron chi connectivity index (χ1n) is 11.2.